The van der Waals surface area contributed by atoms with Crippen LogP contribution in [0.4, 0.5) is 0 Å². The quantitative estimate of drug-likeness (QED) is 0.712. The summed E-state index contributed by atoms with van der Waals surface area (Å²) in [4.78, 5) is 23.4. The number of likely N-dealkylation sites (tertiary alicyclic amines) is 1. The smallest absolute Gasteiger partial charge is 0.253 e. The number of carbonyl (C=O) groups excluding carboxylic acids is 1. The molecular weight excluding hydrogens is 342 g/mol. The summed E-state index contributed by atoms with van der Waals surface area (Å²) in [5, 5.41) is 0. The van der Waals surface area contributed by atoms with Gasteiger partial charge in [0, 0.05) is 42.5 Å². The summed E-state index contributed by atoms with van der Waals surface area (Å²) in [5.74, 6) is 1.87. The maximum atomic E-state index is 13.0. The van der Waals surface area contributed by atoms with Crippen molar-refractivity contribution in [3.63, 3.8) is 0 Å². The topological polar surface area (TPSA) is 64.6 Å². The zero-order valence-electron chi connectivity index (χ0n) is 15.4. The Morgan fingerprint density at radius 1 is 1.04 bits per heavy atom. The second kappa shape index (κ2) is 7.23. The number of nitrogens with zero attached hydrogens (tertiary/aromatic N) is 3. The van der Waals surface area contributed by atoms with Crippen LogP contribution in [0.5, 0.6) is 11.5 Å². The molecule has 1 aliphatic rings. The standard InChI is InChI=1S/C21H21N3O3/c1-26-16-4-6-20(27-2)17(12-16)15-7-10-24(13-15)21(25)14-3-5-18-19(11-14)23-9-8-22-18/h3-6,8-9,11-12,15H,7,10,13H2,1-2H3/t15-/m0/s1. The third kappa shape index (κ3) is 3.30. The number of ether oxygens (including phenoxy) is 2. The van der Waals surface area contributed by atoms with Gasteiger partial charge in [-0.25, -0.2) is 0 Å². The molecule has 1 atom stereocenters. The van der Waals surface area contributed by atoms with Crippen molar-refractivity contribution in [2.45, 2.75) is 12.3 Å². The lowest BCUT2D eigenvalue weighted by molar-refractivity contribution is 0.0791. The van der Waals surface area contributed by atoms with E-state index >= 15 is 0 Å². The highest BCUT2D eigenvalue weighted by Crippen LogP contribution is 2.36. The molecule has 2 heterocycles. The van der Waals surface area contributed by atoms with Crippen LogP contribution < -0.4 is 9.47 Å². The van der Waals surface area contributed by atoms with Crippen LogP contribution in [0.15, 0.2) is 48.8 Å². The summed E-state index contributed by atoms with van der Waals surface area (Å²) in [6, 6.07) is 11.3. The molecule has 6 nitrogen and oxygen atoms in total. The summed E-state index contributed by atoms with van der Waals surface area (Å²) in [7, 11) is 3.32. The molecule has 0 radical (unpaired) electrons. The Labute approximate surface area is 157 Å². The maximum absolute atomic E-state index is 13.0. The minimum absolute atomic E-state index is 0.0203. The molecule has 0 saturated carbocycles. The Balaban J connectivity index is 1.56. The SMILES string of the molecule is COc1ccc(OC)c([C@H]2CCN(C(=O)c3ccc4nccnc4c3)C2)c1. The molecule has 1 aromatic heterocycles. The Morgan fingerprint density at radius 2 is 1.85 bits per heavy atom. The van der Waals surface area contributed by atoms with Crippen molar-refractivity contribution < 1.29 is 14.3 Å². The number of hydrogen-bond donors (Lipinski definition) is 0. The first-order valence-electron chi connectivity index (χ1n) is 8.91. The third-order valence-corrected chi connectivity index (χ3v) is 5.07. The van der Waals surface area contributed by atoms with Crippen molar-refractivity contribution in [2.75, 3.05) is 27.3 Å². The van der Waals surface area contributed by atoms with Crippen molar-refractivity contribution >= 4 is 16.9 Å². The molecule has 0 N–H and O–H groups in total. The predicted molar refractivity (Wildman–Crippen MR) is 102 cm³/mol. The molecular formula is C21H21N3O3. The molecule has 4 rings (SSSR count). The Bertz CT molecular complexity index is 989. The number of methoxy groups -OCH3 is 2. The van der Waals surface area contributed by atoms with E-state index in [2.05, 4.69) is 9.97 Å². The molecule has 0 unspecified atom stereocenters. The first-order valence-corrected chi connectivity index (χ1v) is 8.91. The van der Waals surface area contributed by atoms with Crippen LogP contribution in [-0.2, 0) is 0 Å². The summed E-state index contributed by atoms with van der Waals surface area (Å²) in [6.07, 6.45) is 4.18. The van der Waals surface area contributed by atoms with Crippen molar-refractivity contribution in [2.24, 2.45) is 0 Å². The molecule has 2 aromatic carbocycles. The van der Waals surface area contributed by atoms with Gasteiger partial charge in [-0.2, -0.15) is 0 Å². The van der Waals surface area contributed by atoms with Crippen LogP contribution in [0, 0.1) is 0 Å². The molecule has 0 spiro atoms. The monoisotopic (exact) mass is 363 g/mol. The van der Waals surface area contributed by atoms with Crippen LogP contribution in [0.3, 0.4) is 0 Å². The fraction of sp³-hybridized carbons (Fsp3) is 0.286. The second-order valence-electron chi connectivity index (χ2n) is 6.60. The van der Waals surface area contributed by atoms with Crippen molar-refractivity contribution in [1.29, 1.82) is 0 Å². The summed E-state index contributed by atoms with van der Waals surface area (Å²) in [5.41, 5.74) is 3.24. The highest BCUT2D eigenvalue weighted by atomic mass is 16.5. The van der Waals surface area contributed by atoms with Gasteiger partial charge in [-0.15, -0.1) is 0 Å². The maximum Gasteiger partial charge on any atom is 0.253 e. The molecule has 3 aromatic rings. The van der Waals surface area contributed by atoms with Crippen LogP contribution >= 0.6 is 0 Å². The van der Waals surface area contributed by atoms with Gasteiger partial charge >= 0.3 is 0 Å². The lowest BCUT2D eigenvalue weighted by atomic mass is 9.97. The summed E-state index contributed by atoms with van der Waals surface area (Å²) in [6.45, 7) is 1.36. The largest absolute Gasteiger partial charge is 0.497 e. The van der Waals surface area contributed by atoms with E-state index in [9.17, 15) is 4.79 Å². The molecule has 0 aliphatic carbocycles. The van der Waals surface area contributed by atoms with E-state index in [1.165, 1.54) is 0 Å². The van der Waals surface area contributed by atoms with Gasteiger partial charge < -0.3 is 14.4 Å². The van der Waals surface area contributed by atoms with Crippen molar-refractivity contribution in [3.8, 4) is 11.5 Å². The predicted octanol–water partition coefficient (Wildman–Crippen LogP) is 3.28. The van der Waals surface area contributed by atoms with E-state index in [0.29, 0.717) is 18.7 Å². The van der Waals surface area contributed by atoms with Gasteiger partial charge in [-0.3, -0.25) is 14.8 Å². The Kier molecular flexibility index (Phi) is 4.62. The third-order valence-electron chi connectivity index (χ3n) is 5.07. The lowest BCUT2D eigenvalue weighted by Gasteiger charge is -2.18. The second-order valence-corrected chi connectivity index (χ2v) is 6.60. The number of rotatable bonds is 4. The molecule has 6 heteroatoms. The number of carbonyl (C=O) groups is 1. The van der Waals surface area contributed by atoms with Crippen LogP contribution in [0.2, 0.25) is 0 Å². The van der Waals surface area contributed by atoms with Crippen LogP contribution in [0.25, 0.3) is 11.0 Å². The van der Waals surface area contributed by atoms with Gasteiger partial charge in [-0.1, -0.05) is 0 Å². The number of benzene rings is 2. The number of fused-ring (bicyclic) bond motifs is 1. The Morgan fingerprint density at radius 3 is 2.63 bits per heavy atom. The highest BCUT2D eigenvalue weighted by molar-refractivity contribution is 5.97. The van der Waals surface area contributed by atoms with E-state index in [1.807, 2.05) is 41.3 Å². The van der Waals surface area contributed by atoms with Crippen molar-refractivity contribution in [1.82, 2.24) is 14.9 Å². The van der Waals surface area contributed by atoms with Gasteiger partial charge in [0.25, 0.3) is 5.91 Å². The zero-order valence-corrected chi connectivity index (χ0v) is 15.4. The Hall–Kier alpha value is -3.15. The van der Waals surface area contributed by atoms with Crippen molar-refractivity contribution in [3.05, 3.63) is 59.9 Å². The molecule has 1 amide bonds. The molecule has 1 fully saturated rings. The van der Waals surface area contributed by atoms with Gasteiger partial charge in [0.2, 0.25) is 0 Å². The van der Waals surface area contributed by atoms with E-state index in [-0.39, 0.29) is 11.8 Å². The number of hydrogen-bond acceptors (Lipinski definition) is 5. The molecule has 1 aliphatic heterocycles. The summed E-state index contributed by atoms with van der Waals surface area (Å²) < 4.78 is 10.9. The molecule has 138 valence electrons. The highest BCUT2D eigenvalue weighted by Gasteiger charge is 2.30. The van der Waals surface area contributed by atoms with E-state index in [1.54, 1.807) is 26.6 Å². The average molecular weight is 363 g/mol. The average Bonchev–Trinajstić information content (AvgIpc) is 3.22. The normalized spacial score (nSPS) is 16.5. The van der Waals surface area contributed by atoms with E-state index in [4.69, 9.17) is 9.47 Å². The first kappa shape index (κ1) is 17.3. The molecule has 27 heavy (non-hydrogen) atoms. The lowest BCUT2D eigenvalue weighted by Crippen LogP contribution is -2.28. The summed E-state index contributed by atoms with van der Waals surface area (Å²) >= 11 is 0. The van der Waals surface area contributed by atoms with Gasteiger partial charge in [0.15, 0.2) is 0 Å². The number of amides is 1. The molecule has 1 saturated heterocycles. The minimum Gasteiger partial charge on any atom is -0.497 e. The minimum atomic E-state index is 0.0203. The fourth-order valence-corrected chi connectivity index (χ4v) is 3.64. The van der Waals surface area contributed by atoms with Gasteiger partial charge in [0.05, 0.1) is 25.3 Å². The molecule has 0 bridgehead atoms. The first-order chi connectivity index (χ1) is 13.2. The van der Waals surface area contributed by atoms with Gasteiger partial charge in [-0.05, 0) is 42.8 Å². The van der Waals surface area contributed by atoms with E-state index in [0.717, 1.165) is 34.5 Å². The fourth-order valence-electron chi connectivity index (χ4n) is 3.64. The number of aromatic nitrogens is 2. The zero-order chi connectivity index (χ0) is 18.8. The van der Waals surface area contributed by atoms with Crippen LogP contribution in [-0.4, -0.2) is 48.1 Å². The van der Waals surface area contributed by atoms with Crippen LogP contribution in [0.1, 0.15) is 28.3 Å². The van der Waals surface area contributed by atoms with E-state index < -0.39 is 0 Å². The van der Waals surface area contributed by atoms with Gasteiger partial charge in [0.1, 0.15) is 11.5 Å².